The number of ether oxygens (including phenoxy) is 2. The Morgan fingerprint density at radius 2 is 1.86 bits per heavy atom. The number of benzene rings is 1. The average Bonchev–Trinajstić information content (AvgIpc) is 2.34. The largest absolute Gasteiger partial charge is 0.507 e. The number of Topliss-reactive ketones (excluding diaryl/α,β-unsaturated/α-hetero) is 1. The number of carbonyl (C=O) groups is 2. The van der Waals surface area contributed by atoms with Crippen LogP contribution in [-0.2, 0) is 14.9 Å². The van der Waals surface area contributed by atoms with E-state index in [0.717, 1.165) is 0 Å². The molecule has 0 saturated heterocycles. The van der Waals surface area contributed by atoms with Crippen LogP contribution < -0.4 is 4.74 Å². The van der Waals surface area contributed by atoms with Crippen molar-refractivity contribution in [1.82, 2.24) is 0 Å². The topological polar surface area (TPSA) is 72.8 Å². The Balaban J connectivity index is 3.14. The van der Waals surface area contributed by atoms with E-state index in [9.17, 15) is 14.7 Å². The fourth-order valence-electron chi connectivity index (χ4n) is 1.98. The van der Waals surface area contributed by atoms with Crippen molar-refractivity contribution in [2.45, 2.75) is 40.0 Å². The average molecular weight is 294 g/mol. The molecule has 0 unspecified atom stereocenters. The van der Waals surface area contributed by atoms with E-state index in [0.29, 0.717) is 5.56 Å². The zero-order valence-corrected chi connectivity index (χ0v) is 13.1. The van der Waals surface area contributed by atoms with Gasteiger partial charge in [-0.15, -0.1) is 0 Å². The molecule has 0 aliphatic heterocycles. The minimum atomic E-state index is -0.522. The summed E-state index contributed by atoms with van der Waals surface area (Å²) in [6.45, 7) is 8.81. The molecule has 1 aromatic carbocycles. The lowest BCUT2D eigenvalue weighted by atomic mass is 9.84. The Kier molecular flexibility index (Phi) is 5.35. The van der Waals surface area contributed by atoms with E-state index >= 15 is 0 Å². The van der Waals surface area contributed by atoms with E-state index in [-0.39, 0.29) is 41.5 Å². The summed E-state index contributed by atoms with van der Waals surface area (Å²) in [6, 6.07) is 3.29. The van der Waals surface area contributed by atoms with Crippen LogP contribution in [0.2, 0.25) is 0 Å². The molecule has 116 valence electrons. The SMILES string of the molecule is CCOC(=O)COc1ccc(C(C)(C)C)c(O)c1C(C)=O. The molecule has 0 aliphatic rings. The Morgan fingerprint density at radius 1 is 1.24 bits per heavy atom. The first-order chi connectivity index (χ1) is 9.68. The van der Waals surface area contributed by atoms with Crippen LogP contribution in [-0.4, -0.2) is 30.1 Å². The van der Waals surface area contributed by atoms with Gasteiger partial charge in [0, 0.05) is 5.56 Å². The number of hydrogen-bond donors (Lipinski definition) is 1. The minimum Gasteiger partial charge on any atom is -0.507 e. The zero-order chi connectivity index (χ0) is 16.2. The molecule has 0 heterocycles. The highest BCUT2D eigenvalue weighted by Crippen LogP contribution is 2.38. The van der Waals surface area contributed by atoms with Gasteiger partial charge in [-0.25, -0.2) is 4.79 Å². The Bertz CT molecular complexity index is 540. The number of hydrogen-bond acceptors (Lipinski definition) is 5. The van der Waals surface area contributed by atoms with E-state index in [1.807, 2.05) is 20.8 Å². The van der Waals surface area contributed by atoms with Crippen molar-refractivity contribution in [2.24, 2.45) is 0 Å². The van der Waals surface area contributed by atoms with Crippen LogP contribution in [0.15, 0.2) is 12.1 Å². The van der Waals surface area contributed by atoms with Gasteiger partial charge in [0.1, 0.15) is 17.1 Å². The van der Waals surface area contributed by atoms with Gasteiger partial charge in [-0.05, 0) is 25.3 Å². The van der Waals surface area contributed by atoms with Crippen molar-refractivity contribution < 1.29 is 24.2 Å². The van der Waals surface area contributed by atoms with Gasteiger partial charge < -0.3 is 14.6 Å². The van der Waals surface area contributed by atoms with Crippen LogP contribution in [0.1, 0.15) is 50.5 Å². The normalized spacial score (nSPS) is 11.1. The number of phenols is 1. The van der Waals surface area contributed by atoms with Gasteiger partial charge in [0.2, 0.25) is 0 Å². The highest BCUT2D eigenvalue weighted by atomic mass is 16.6. The standard InChI is InChI=1S/C16H22O5/c1-6-20-13(18)9-21-12-8-7-11(16(3,4)5)15(19)14(12)10(2)17/h7-8,19H,6,9H2,1-5H3. The lowest BCUT2D eigenvalue weighted by Crippen LogP contribution is -2.17. The number of phenolic OH excluding ortho intramolecular Hbond substituents is 1. The van der Waals surface area contributed by atoms with E-state index < -0.39 is 5.97 Å². The molecule has 0 fully saturated rings. The van der Waals surface area contributed by atoms with Crippen molar-refractivity contribution in [3.8, 4) is 11.5 Å². The number of esters is 1. The molecule has 1 N–H and O–H groups in total. The van der Waals surface area contributed by atoms with Gasteiger partial charge in [-0.1, -0.05) is 26.8 Å². The molecule has 1 rings (SSSR count). The summed E-state index contributed by atoms with van der Waals surface area (Å²) in [5.41, 5.74) is 0.427. The van der Waals surface area contributed by atoms with Crippen LogP contribution in [0, 0.1) is 0 Å². The highest BCUT2D eigenvalue weighted by molar-refractivity contribution is 6.00. The molecule has 1 aromatic rings. The predicted molar refractivity (Wildman–Crippen MR) is 78.9 cm³/mol. The lowest BCUT2D eigenvalue weighted by Gasteiger charge is -2.22. The van der Waals surface area contributed by atoms with Gasteiger partial charge in [-0.2, -0.15) is 0 Å². The fraction of sp³-hybridized carbons (Fsp3) is 0.500. The third kappa shape index (κ3) is 4.21. The summed E-state index contributed by atoms with van der Waals surface area (Å²) in [5.74, 6) is -0.763. The molecular weight excluding hydrogens is 272 g/mol. The second-order valence-corrected chi connectivity index (χ2v) is 5.73. The second kappa shape index (κ2) is 6.61. The van der Waals surface area contributed by atoms with Gasteiger partial charge in [0.05, 0.1) is 6.61 Å². The predicted octanol–water partition coefficient (Wildman–Crippen LogP) is 2.83. The van der Waals surface area contributed by atoms with Crippen molar-refractivity contribution in [3.05, 3.63) is 23.3 Å². The molecule has 21 heavy (non-hydrogen) atoms. The smallest absolute Gasteiger partial charge is 0.344 e. The molecule has 5 nitrogen and oxygen atoms in total. The summed E-state index contributed by atoms with van der Waals surface area (Å²) in [5, 5.41) is 10.3. The maximum absolute atomic E-state index is 11.8. The highest BCUT2D eigenvalue weighted by Gasteiger charge is 2.24. The van der Waals surface area contributed by atoms with Gasteiger partial charge in [0.25, 0.3) is 0 Å². The molecule has 0 aromatic heterocycles. The molecule has 5 heteroatoms. The molecular formula is C16H22O5. The summed E-state index contributed by atoms with van der Waals surface area (Å²) in [4.78, 5) is 23.1. The molecule has 0 spiro atoms. The van der Waals surface area contributed by atoms with Gasteiger partial charge in [0.15, 0.2) is 12.4 Å². The molecule has 0 saturated carbocycles. The molecule has 0 amide bonds. The first kappa shape index (κ1) is 17.0. The first-order valence-corrected chi connectivity index (χ1v) is 6.84. The zero-order valence-electron chi connectivity index (χ0n) is 13.1. The Labute approximate surface area is 124 Å². The van der Waals surface area contributed by atoms with E-state index in [1.54, 1.807) is 19.1 Å². The number of aromatic hydroxyl groups is 1. The molecule has 0 radical (unpaired) electrons. The van der Waals surface area contributed by atoms with Crippen LogP contribution in [0.3, 0.4) is 0 Å². The monoisotopic (exact) mass is 294 g/mol. The van der Waals surface area contributed by atoms with Crippen molar-refractivity contribution >= 4 is 11.8 Å². The van der Waals surface area contributed by atoms with Gasteiger partial charge >= 0.3 is 5.97 Å². The fourth-order valence-corrected chi connectivity index (χ4v) is 1.98. The van der Waals surface area contributed by atoms with Crippen LogP contribution >= 0.6 is 0 Å². The lowest BCUT2D eigenvalue weighted by molar-refractivity contribution is -0.145. The molecule has 0 atom stereocenters. The van der Waals surface area contributed by atoms with Crippen molar-refractivity contribution in [3.63, 3.8) is 0 Å². The summed E-state index contributed by atoms with van der Waals surface area (Å²) in [7, 11) is 0. The maximum Gasteiger partial charge on any atom is 0.344 e. The van der Waals surface area contributed by atoms with E-state index in [1.165, 1.54) is 6.92 Å². The summed E-state index contributed by atoms with van der Waals surface area (Å²) < 4.78 is 10.1. The second-order valence-electron chi connectivity index (χ2n) is 5.73. The van der Waals surface area contributed by atoms with E-state index in [4.69, 9.17) is 9.47 Å². The third-order valence-corrected chi connectivity index (χ3v) is 2.95. The third-order valence-electron chi connectivity index (χ3n) is 2.95. The first-order valence-electron chi connectivity index (χ1n) is 6.84. The Morgan fingerprint density at radius 3 is 2.33 bits per heavy atom. The quantitative estimate of drug-likeness (QED) is 0.667. The van der Waals surface area contributed by atoms with Crippen molar-refractivity contribution in [1.29, 1.82) is 0 Å². The summed E-state index contributed by atoms with van der Waals surface area (Å²) >= 11 is 0. The molecule has 0 aliphatic carbocycles. The van der Waals surface area contributed by atoms with E-state index in [2.05, 4.69) is 0 Å². The molecule has 0 bridgehead atoms. The van der Waals surface area contributed by atoms with Gasteiger partial charge in [-0.3, -0.25) is 4.79 Å². The maximum atomic E-state index is 11.8. The Hall–Kier alpha value is -2.04. The van der Waals surface area contributed by atoms with Crippen LogP contribution in [0.25, 0.3) is 0 Å². The minimum absolute atomic E-state index is 0.0896. The van der Waals surface area contributed by atoms with Crippen LogP contribution in [0.5, 0.6) is 11.5 Å². The number of ketones is 1. The number of carbonyl (C=O) groups excluding carboxylic acids is 2. The summed E-state index contributed by atoms with van der Waals surface area (Å²) in [6.07, 6.45) is 0. The number of rotatable bonds is 5. The van der Waals surface area contributed by atoms with Crippen LogP contribution in [0.4, 0.5) is 0 Å². The van der Waals surface area contributed by atoms with Crippen molar-refractivity contribution in [2.75, 3.05) is 13.2 Å².